The van der Waals surface area contributed by atoms with Crippen LogP contribution in [-0.4, -0.2) is 66.8 Å². The predicted octanol–water partition coefficient (Wildman–Crippen LogP) is 3.60. The highest BCUT2D eigenvalue weighted by Gasteiger charge is 2.31. The molecule has 4 heterocycles. The third-order valence-electron chi connectivity index (χ3n) is 6.97. The van der Waals surface area contributed by atoms with Crippen molar-refractivity contribution in [1.82, 2.24) is 34.7 Å². The maximum absolute atomic E-state index is 12.5. The Bertz CT molecular complexity index is 1330. The molecule has 35 heavy (non-hydrogen) atoms. The maximum atomic E-state index is 12.5. The van der Waals surface area contributed by atoms with E-state index in [0.717, 1.165) is 73.7 Å². The number of anilines is 2. The molecule has 1 aliphatic heterocycles. The molecular weight excluding hydrogens is 440 g/mol. The van der Waals surface area contributed by atoms with Crippen LogP contribution in [-0.2, 0) is 11.3 Å². The summed E-state index contributed by atoms with van der Waals surface area (Å²) in [6.45, 7) is 4.29. The number of pyridine rings is 1. The molecule has 2 aliphatic rings. The molecule has 2 N–H and O–H groups in total. The molecule has 1 amide bonds. The van der Waals surface area contributed by atoms with Gasteiger partial charge in [0.15, 0.2) is 0 Å². The van der Waals surface area contributed by atoms with E-state index in [1.807, 2.05) is 36.5 Å². The molecule has 3 aromatic heterocycles. The summed E-state index contributed by atoms with van der Waals surface area (Å²) in [4.78, 5) is 37.7. The molecule has 0 radical (unpaired) electrons. The summed E-state index contributed by atoms with van der Waals surface area (Å²) in [7, 11) is 0. The summed E-state index contributed by atoms with van der Waals surface area (Å²) in [5, 5.41) is 3.30. The number of amides is 1. The molecule has 4 aromatic rings. The zero-order chi connectivity index (χ0) is 23.6. The third-order valence-corrected chi connectivity index (χ3v) is 6.97. The van der Waals surface area contributed by atoms with E-state index in [1.54, 1.807) is 12.5 Å². The van der Waals surface area contributed by atoms with Gasteiger partial charge in [-0.3, -0.25) is 9.69 Å². The third kappa shape index (κ3) is 4.72. The monoisotopic (exact) mass is 468 g/mol. The van der Waals surface area contributed by atoms with Crippen LogP contribution in [0.15, 0.2) is 55.1 Å². The average Bonchev–Trinajstić information content (AvgIpc) is 3.25. The summed E-state index contributed by atoms with van der Waals surface area (Å²) in [5.74, 6) is 2.04. The van der Waals surface area contributed by atoms with Gasteiger partial charge in [0.1, 0.15) is 12.1 Å². The fourth-order valence-electron chi connectivity index (χ4n) is 4.75. The Kier molecular flexibility index (Phi) is 5.83. The number of nitrogens with zero attached hydrogens (tertiary/aromatic N) is 6. The number of rotatable bonds is 6. The fourth-order valence-corrected chi connectivity index (χ4v) is 4.75. The van der Waals surface area contributed by atoms with E-state index >= 15 is 0 Å². The minimum absolute atomic E-state index is 0.285. The van der Waals surface area contributed by atoms with Gasteiger partial charge in [-0.25, -0.2) is 19.9 Å². The van der Waals surface area contributed by atoms with Crippen LogP contribution >= 0.6 is 0 Å². The molecule has 0 atom stereocenters. The maximum Gasteiger partial charge on any atom is 0.225 e. The standard InChI is InChI=1S/C26H28N8O/c35-25(19-2-1-3-19)34-12-10-33(11-13-34)16-18-6-9-28-24(14-18)32-26-30-22-5-4-20(15-23(22)31-26)21-7-8-27-17-29-21/h4-9,14-15,17,19H,1-3,10-13,16H2,(H2,28,30,31,32). The number of nitrogens with one attached hydrogen (secondary N) is 2. The van der Waals surface area contributed by atoms with Gasteiger partial charge in [0.25, 0.3) is 0 Å². The summed E-state index contributed by atoms with van der Waals surface area (Å²) >= 11 is 0. The lowest BCUT2D eigenvalue weighted by Gasteiger charge is -2.38. The smallest absolute Gasteiger partial charge is 0.225 e. The number of aromatic nitrogens is 5. The van der Waals surface area contributed by atoms with Crippen molar-refractivity contribution in [1.29, 1.82) is 0 Å². The van der Waals surface area contributed by atoms with Gasteiger partial charge >= 0.3 is 0 Å². The van der Waals surface area contributed by atoms with Crippen LogP contribution in [0.5, 0.6) is 0 Å². The Balaban J connectivity index is 1.09. The molecule has 178 valence electrons. The first-order chi connectivity index (χ1) is 17.2. The molecule has 9 nitrogen and oxygen atoms in total. The van der Waals surface area contributed by atoms with Crippen LogP contribution in [0.4, 0.5) is 11.8 Å². The Labute approximate surface area is 203 Å². The lowest BCUT2D eigenvalue weighted by molar-refractivity contribution is -0.140. The highest BCUT2D eigenvalue weighted by Crippen LogP contribution is 2.29. The minimum atomic E-state index is 0.285. The number of fused-ring (bicyclic) bond motifs is 1. The summed E-state index contributed by atoms with van der Waals surface area (Å²) in [5.41, 5.74) is 4.85. The van der Waals surface area contributed by atoms with E-state index in [9.17, 15) is 4.79 Å². The van der Waals surface area contributed by atoms with Crippen molar-refractivity contribution in [2.45, 2.75) is 25.8 Å². The number of H-pyrrole nitrogens is 1. The normalized spacial score (nSPS) is 16.9. The van der Waals surface area contributed by atoms with Gasteiger partial charge < -0.3 is 15.2 Å². The lowest BCUT2D eigenvalue weighted by atomic mass is 9.84. The average molecular weight is 469 g/mol. The van der Waals surface area contributed by atoms with E-state index in [1.165, 1.54) is 12.0 Å². The minimum Gasteiger partial charge on any atom is -0.340 e. The second kappa shape index (κ2) is 9.42. The van der Waals surface area contributed by atoms with Gasteiger partial charge in [-0.15, -0.1) is 0 Å². The second-order valence-corrected chi connectivity index (χ2v) is 9.32. The predicted molar refractivity (Wildman–Crippen MR) is 134 cm³/mol. The van der Waals surface area contributed by atoms with Gasteiger partial charge in [-0.1, -0.05) is 12.5 Å². The molecule has 9 heteroatoms. The number of carbonyl (C=O) groups is 1. The molecule has 1 saturated heterocycles. The van der Waals surface area contributed by atoms with Gasteiger partial charge in [0.2, 0.25) is 11.9 Å². The molecule has 1 saturated carbocycles. The SMILES string of the molecule is O=C(C1CCC1)N1CCN(Cc2ccnc(Nc3nc4ccc(-c5ccncn5)cc4[nH]3)c2)CC1. The number of piperazine rings is 1. The van der Waals surface area contributed by atoms with Crippen molar-refractivity contribution < 1.29 is 4.79 Å². The van der Waals surface area contributed by atoms with Crippen molar-refractivity contribution in [2.24, 2.45) is 5.92 Å². The number of carbonyl (C=O) groups excluding carboxylic acids is 1. The molecular formula is C26H28N8O. The topological polar surface area (TPSA) is 103 Å². The Morgan fingerprint density at radius 3 is 2.69 bits per heavy atom. The molecule has 2 fully saturated rings. The number of hydrogen-bond donors (Lipinski definition) is 2. The van der Waals surface area contributed by atoms with Crippen LogP contribution in [0.25, 0.3) is 22.3 Å². The molecule has 6 rings (SSSR count). The van der Waals surface area contributed by atoms with Crippen LogP contribution in [0.1, 0.15) is 24.8 Å². The first-order valence-corrected chi connectivity index (χ1v) is 12.2. The first kappa shape index (κ1) is 21.7. The van der Waals surface area contributed by atoms with Crippen molar-refractivity contribution in [3.8, 4) is 11.3 Å². The molecule has 0 spiro atoms. The van der Waals surface area contributed by atoms with Gasteiger partial charge in [0.05, 0.1) is 16.7 Å². The first-order valence-electron chi connectivity index (χ1n) is 12.2. The van der Waals surface area contributed by atoms with Crippen LogP contribution in [0.3, 0.4) is 0 Å². The van der Waals surface area contributed by atoms with E-state index in [4.69, 9.17) is 0 Å². The number of aromatic amines is 1. The highest BCUT2D eigenvalue weighted by atomic mass is 16.2. The summed E-state index contributed by atoms with van der Waals surface area (Å²) in [6.07, 6.45) is 8.45. The zero-order valence-electron chi connectivity index (χ0n) is 19.5. The van der Waals surface area contributed by atoms with Crippen LogP contribution in [0, 0.1) is 5.92 Å². The van der Waals surface area contributed by atoms with Crippen LogP contribution < -0.4 is 5.32 Å². The van der Waals surface area contributed by atoms with Crippen molar-refractivity contribution in [3.05, 3.63) is 60.7 Å². The van der Waals surface area contributed by atoms with Crippen LogP contribution in [0.2, 0.25) is 0 Å². The summed E-state index contributed by atoms with van der Waals surface area (Å²) < 4.78 is 0. The Morgan fingerprint density at radius 2 is 1.91 bits per heavy atom. The van der Waals surface area contributed by atoms with Gasteiger partial charge in [-0.05, 0) is 48.7 Å². The highest BCUT2D eigenvalue weighted by molar-refractivity contribution is 5.83. The zero-order valence-corrected chi connectivity index (χ0v) is 19.5. The van der Waals surface area contributed by atoms with Crippen molar-refractivity contribution >= 4 is 28.7 Å². The fraction of sp³-hybridized carbons (Fsp3) is 0.346. The van der Waals surface area contributed by atoms with Crippen molar-refractivity contribution in [2.75, 3.05) is 31.5 Å². The Hall–Kier alpha value is -3.85. The number of benzene rings is 1. The number of hydrogen-bond acceptors (Lipinski definition) is 7. The molecule has 1 aromatic carbocycles. The molecule has 0 unspecified atom stereocenters. The lowest BCUT2D eigenvalue weighted by Crippen LogP contribution is -2.50. The molecule has 0 bridgehead atoms. The van der Waals surface area contributed by atoms with Crippen molar-refractivity contribution in [3.63, 3.8) is 0 Å². The van der Waals surface area contributed by atoms with E-state index in [2.05, 4.69) is 46.1 Å². The largest absolute Gasteiger partial charge is 0.340 e. The quantitative estimate of drug-likeness (QED) is 0.446. The molecule has 1 aliphatic carbocycles. The van der Waals surface area contributed by atoms with E-state index in [-0.39, 0.29) is 5.92 Å². The Morgan fingerprint density at radius 1 is 1.03 bits per heavy atom. The number of imidazole rings is 1. The van der Waals surface area contributed by atoms with Gasteiger partial charge in [0, 0.05) is 56.6 Å². The summed E-state index contributed by atoms with van der Waals surface area (Å²) in [6, 6.07) is 12.0. The van der Waals surface area contributed by atoms with Gasteiger partial charge in [-0.2, -0.15) is 0 Å². The van der Waals surface area contributed by atoms with E-state index < -0.39 is 0 Å². The second-order valence-electron chi connectivity index (χ2n) is 9.32. The van der Waals surface area contributed by atoms with E-state index in [0.29, 0.717) is 11.9 Å².